The summed E-state index contributed by atoms with van der Waals surface area (Å²) < 4.78 is 2.05. The van der Waals surface area contributed by atoms with Crippen molar-refractivity contribution < 1.29 is 5.11 Å². The van der Waals surface area contributed by atoms with Gasteiger partial charge in [0.15, 0.2) is 5.16 Å². The standard InChI is InChI=1S/C10H20N4OS/c1-9-12-13-10(14(9)6-5-11)16-8-4-2-3-7-15/h15H,2-8,11H2,1H3. The summed E-state index contributed by atoms with van der Waals surface area (Å²) in [6.07, 6.45) is 3.04. The van der Waals surface area contributed by atoms with Gasteiger partial charge in [-0.2, -0.15) is 0 Å². The van der Waals surface area contributed by atoms with E-state index in [0.29, 0.717) is 6.54 Å². The summed E-state index contributed by atoms with van der Waals surface area (Å²) in [4.78, 5) is 0. The van der Waals surface area contributed by atoms with Crippen molar-refractivity contribution in [2.24, 2.45) is 5.73 Å². The molecule has 16 heavy (non-hydrogen) atoms. The summed E-state index contributed by atoms with van der Waals surface area (Å²) in [7, 11) is 0. The van der Waals surface area contributed by atoms with Crippen LogP contribution in [0.3, 0.4) is 0 Å². The van der Waals surface area contributed by atoms with Crippen LogP contribution in [0.15, 0.2) is 5.16 Å². The van der Waals surface area contributed by atoms with Crippen molar-refractivity contribution in [3.05, 3.63) is 5.82 Å². The van der Waals surface area contributed by atoms with E-state index >= 15 is 0 Å². The quantitative estimate of drug-likeness (QED) is 0.522. The van der Waals surface area contributed by atoms with E-state index in [4.69, 9.17) is 10.8 Å². The summed E-state index contributed by atoms with van der Waals surface area (Å²) >= 11 is 1.71. The Hall–Kier alpha value is -0.590. The van der Waals surface area contributed by atoms with Crippen LogP contribution in [0.5, 0.6) is 0 Å². The number of rotatable bonds is 8. The Morgan fingerprint density at radius 3 is 2.81 bits per heavy atom. The van der Waals surface area contributed by atoms with E-state index in [2.05, 4.69) is 14.8 Å². The number of hydrogen-bond donors (Lipinski definition) is 2. The van der Waals surface area contributed by atoms with Crippen molar-refractivity contribution in [2.45, 2.75) is 37.9 Å². The molecule has 0 aromatic carbocycles. The Morgan fingerprint density at radius 1 is 1.31 bits per heavy atom. The normalized spacial score (nSPS) is 10.9. The van der Waals surface area contributed by atoms with Crippen molar-refractivity contribution in [1.82, 2.24) is 14.8 Å². The predicted octanol–water partition coefficient (Wildman–Crippen LogP) is 0.800. The van der Waals surface area contributed by atoms with E-state index in [-0.39, 0.29) is 6.61 Å². The van der Waals surface area contributed by atoms with Gasteiger partial charge in [-0.05, 0) is 19.8 Å². The first-order valence-corrected chi connectivity index (χ1v) is 6.61. The molecule has 1 rings (SSSR count). The van der Waals surface area contributed by atoms with Crippen molar-refractivity contribution >= 4 is 11.8 Å². The minimum Gasteiger partial charge on any atom is -0.396 e. The van der Waals surface area contributed by atoms with Crippen LogP contribution in [0, 0.1) is 6.92 Å². The van der Waals surface area contributed by atoms with Crippen LogP contribution in [0.25, 0.3) is 0 Å². The van der Waals surface area contributed by atoms with Gasteiger partial charge in [-0.25, -0.2) is 0 Å². The van der Waals surface area contributed by atoms with E-state index in [0.717, 1.165) is 42.5 Å². The first kappa shape index (κ1) is 13.5. The molecule has 92 valence electrons. The van der Waals surface area contributed by atoms with Gasteiger partial charge >= 0.3 is 0 Å². The molecule has 0 fully saturated rings. The Balaban J connectivity index is 2.35. The fourth-order valence-corrected chi connectivity index (χ4v) is 2.42. The van der Waals surface area contributed by atoms with Crippen LogP contribution in [0.1, 0.15) is 25.1 Å². The maximum absolute atomic E-state index is 8.65. The average molecular weight is 244 g/mol. The molecule has 0 aliphatic rings. The Morgan fingerprint density at radius 2 is 2.12 bits per heavy atom. The summed E-state index contributed by atoms with van der Waals surface area (Å²) in [6, 6.07) is 0. The van der Waals surface area contributed by atoms with Crippen molar-refractivity contribution in [3.63, 3.8) is 0 Å². The number of nitrogens with two attached hydrogens (primary N) is 1. The summed E-state index contributed by atoms with van der Waals surface area (Å²) in [5.41, 5.74) is 5.54. The van der Waals surface area contributed by atoms with Gasteiger partial charge in [0.05, 0.1) is 0 Å². The number of aliphatic hydroxyl groups is 1. The van der Waals surface area contributed by atoms with Gasteiger partial charge in [0.1, 0.15) is 5.82 Å². The minimum absolute atomic E-state index is 0.285. The molecule has 0 saturated heterocycles. The van der Waals surface area contributed by atoms with E-state index < -0.39 is 0 Å². The van der Waals surface area contributed by atoms with Crippen molar-refractivity contribution in [1.29, 1.82) is 0 Å². The largest absolute Gasteiger partial charge is 0.396 e. The second-order valence-corrected chi connectivity index (χ2v) is 4.66. The van der Waals surface area contributed by atoms with Crippen LogP contribution in [0.4, 0.5) is 0 Å². The molecule has 0 bridgehead atoms. The van der Waals surface area contributed by atoms with Crippen LogP contribution in [0.2, 0.25) is 0 Å². The highest BCUT2D eigenvalue weighted by Gasteiger charge is 2.07. The predicted molar refractivity (Wildman–Crippen MR) is 65.5 cm³/mol. The lowest BCUT2D eigenvalue weighted by atomic mass is 10.3. The average Bonchev–Trinajstić information content (AvgIpc) is 2.62. The molecular weight excluding hydrogens is 224 g/mol. The van der Waals surface area contributed by atoms with Gasteiger partial charge in [0.25, 0.3) is 0 Å². The molecule has 0 atom stereocenters. The number of thioether (sulfide) groups is 1. The number of unbranched alkanes of at least 4 members (excludes halogenated alkanes) is 2. The molecule has 0 spiro atoms. The molecule has 0 aliphatic carbocycles. The maximum Gasteiger partial charge on any atom is 0.191 e. The summed E-state index contributed by atoms with van der Waals surface area (Å²) in [6.45, 7) is 3.61. The van der Waals surface area contributed by atoms with E-state index in [1.165, 1.54) is 0 Å². The highest BCUT2D eigenvalue weighted by atomic mass is 32.2. The lowest BCUT2D eigenvalue weighted by Gasteiger charge is -2.05. The molecule has 6 heteroatoms. The smallest absolute Gasteiger partial charge is 0.191 e. The summed E-state index contributed by atoms with van der Waals surface area (Å²) in [5, 5.41) is 17.8. The fraction of sp³-hybridized carbons (Fsp3) is 0.800. The molecule has 0 amide bonds. The van der Waals surface area contributed by atoms with Crippen molar-refractivity contribution in [2.75, 3.05) is 18.9 Å². The fourth-order valence-electron chi connectivity index (χ4n) is 1.41. The molecule has 1 aromatic heterocycles. The molecule has 0 saturated carbocycles. The van der Waals surface area contributed by atoms with Crippen LogP contribution in [-0.2, 0) is 6.54 Å². The van der Waals surface area contributed by atoms with Gasteiger partial charge in [-0.15, -0.1) is 10.2 Å². The van der Waals surface area contributed by atoms with Gasteiger partial charge in [0, 0.05) is 25.4 Å². The monoisotopic (exact) mass is 244 g/mol. The summed E-state index contributed by atoms with van der Waals surface area (Å²) in [5.74, 6) is 1.94. The zero-order chi connectivity index (χ0) is 11.8. The molecule has 0 radical (unpaired) electrons. The maximum atomic E-state index is 8.65. The zero-order valence-electron chi connectivity index (χ0n) is 9.72. The zero-order valence-corrected chi connectivity index (χ0v) is 10.5. The van der Waals surface area contributed by atoms with Gasteiger partial charge in [-0.1, -0.05) is 18.2 Å². The molecule has 0 aliphatic heterocycles. The van der Waals surface area contributed by atoms with Gasteiger partial charge in [0.2, 0.25) is 0 Å². The second kappa shape index (κ2) is 7.65. The van der Waals surface area contributed by atoms with Gasteiger partial charge < -0.3 is 15.4 Å². The third kappa shape index (κ3) is 4.11. The molecule has 3 N–H and O–H groups in total. The van der Waals surface area contributed by atoms with Crippen LogP contribution >= 0.6 is 11.8 Å². The number of nitrogens with zero attached hydrogens (tertiary/aromatic N) is 3. The first-order chi connectivity index (χ1) is 7.79. The van der Waals surface area contributed by atoms with Crippen molar-refractivity contribution in [3.8, 4) is 0 Å². The first-order valence-electron chi connectivity index (χ1n) is 5.63. The molecular formula is C10H20N4OS. The number of aliphatic hydroxyl groups excluding tert-OH is 1. The van der Waals surface area contributed by atoms with Crippen LogP contribution in [-0.4, -0.2) is 38.8 Å². The minimum atomic E-state index is 0.285. The third-order valence-electron chi connectivity index (χ3n) is 2.29. The number of aromatic nitrogens is 3. The Kier molecular flexibility index (Phi) is 6.44. The Bertz CT molecular complexity index is 303. The second-order valence-electron chi connectivity index (χ2n) is 3.60. The SMILES string of the molecule is Cc1nnc(SCCCCCO)n1CCN. The van der Waals surface area contributed by atoms with E-state index in [9.17, 15) is 0 Å². The van der Waals surface area contributed by atoms with E-state index in [1.807, 2.05) is 6.92 Å². The molecule has 5 nitrogen and oxygen atoms in total. The lowest BCUT2D eigenvalue weighted by molar-refractivity contribution is 0.284. The molecule has 0 unspecified atom stereocenters. The van der Waals surface area contributed by atoms with E-state index in [1.54, 1.807) is 11.8 Å². The van der Waals surface area contributed by atoms with Crippen LogP contribution < -0.4 is 5.73 Å². The Labute approximate surface area is 100 Å². The number of aryl methyl sites for hydroxylation is 1. The number of hydrogen-bond acceptors (Lipinski definition) is 5. The lowest BCUT2D eigenvalue weighted by Crippen LogP contribution is -2.12. The van der Waals surface area contributed by atoms with Gasteiger partial charge in [-0.3, -0.25) is 0 Å². The molecule has 1 heterocycles. The highest BCUT2D eigenvalue weighted by molar-refractivity contribution is 7.99. The third-order valence-corrected chi connectivity index (χ3v) is 3.34. The topological polar surface area (TPSA) is 77.0 Å². The molecule has 1 aromatic rings. The highest BCUT2D eigenvalue weighted by Crippen LogP contribution is 2.18.